The van der Waals surface area contributed by atoms with Gasteiger partial charge < -0.3 is 9.32 Å². The predicted molar refractivity (Wildman–Crippen MR) is 181 cm³/mol. The fraction of sp³-hybridized carbons (Fsp3) is 0. The number of benzene rings is 7. The van der Waals surface area contributed by atoms with E-state index in [2.05, 4.69) is 157 Å². The van der Waals surface area contributed by atoms with Crippen molar-refractivity contribution < 1.29 is 4.42 Å². The average molecular weight is 568 g/mol. The van der Waals surface area contributed by atoms with Gasteiger partial charge in [0.15, 0.2) is 0 Å². The third-order valence-electron chi connectivity index (χ3n) is 8.41. The zero-order chi connectivity index (χ0) is 28.3. The summed E-state index contributed by atoms with van der Waals surface area (Å²) in [6, 6.07) is 54.1. The van der Waals surface area contributed by atoms with Gasteiger partial charge >= 0.3 is 0 Å². The van der Waals surface area contributed by atoms with Crippen molar-refractivity contribution in [3.63, 3.8) is 0 Å². The van der Waals surface area contributed by atoms with Crippen molar-refractivity contribution in [1.82, 2.24) is 0 Å². The van der Waals surface area contributed by atoms with Crippen LogP contribution in [0.4, 0.5) is 17.1 Å². The topological polar surface area (TPSA) is 16.4 Å². The molecule has 0 fully saturated rings. The molecule has 9 rings (SSSR count). The zero-order valence-corrected chi connectivity index (χ0v) is 24.0. The first kappa shape index (κ1) is 24.4. The van der Waals surface area contributed by atoms with Crippen LogP contribution in [-0.4, -0.2) is 0 Å². The van der Waals surface area contributed by atoms with Gasteiger partial charge in [-0.2, -0.15) is 0 Å². The minimum absolute atomic E-state index is 0.943. The minimum Gasteiger partial charge on any atom is -0.456 e. The van der Waals surface area contributed by atoms with Crippen molar-refractivity contribution in [2.75, 3.05) is 4.90 Å². The molecule has 0 aliphatic carbocycles. The minimum atomic E-state index is 0.943. The van der Waals surface area contributed by atoms with Crippen LogP contribution in [0.15, 0.2) is 166 Å². The molecular weight excluding hydrogens is 543 g/mol. The van der Waals surface area contributed by atoms with Gasteiger partial charge in [-0.25, -0.2) is 0 Å². The lowest BCUT2D eigenvalue weighted by Gasteiger charge is -2.26. The van der Waals surface area contributed by atoms with E-state index < -0.39 is 0 Å². The second-order valence-corrected chi connectivity index (χ2v) is 12.1. The Bertz CT molecular complexity index is 2300. The summed E-state index contributed by atoms with van der Waals surface area (Å²) >= 11 is 1.84. The smallest absolute Gasteiger partial charge is 0.137 e. The molecule has 0 saturated carbocycles. The molecule has 0 saturated heterocycles. The number of hydrogen-bond donors (Lipinski definition) is 0. The van der Waals surface area contributed by atoms with Crippen molar-refractivity contribution >= 4 is 61.5 Å². The summed E-state index contributed by atoms with van der Waals surface area (Å²) in [5.74, 6) is 0. The van der Waals surface area contributed by atoms with Crippen LogP contribution in [0, 0.1) is 0 Å². The van der Waals surface area contributed by atoms with Crippen LogP contribution in [-0.2, 0) is 0 Å². The summed E-state index contributed by atoms with van der Waals surface area (Å²) in [6.45, 7) is 0. The lowest BCUT2D eigenvalue weighted by Crippen LogP contribution is -2.09. The largest absolute Gasteiger partial charge is 0.456 e. The molecule has 0 atom stereocenters. The first-order chi connectivity index (χ1) is 21.3. The summed E-state index contributed by atoms with van der Waals surface area (Å²) in [5.41, 5.74) is 9.96. The maximum Gasteiger partial charge on any atom is 0.137 e. The highest BCUT2D eigenvalue weighted by molar-refractivity contribution is 8.00. The van der Waals surface area contributed by atoms with Crippen molar-refractivity contribution in [1.29, 1.82) is 0 Å². The summed E-state index contributed by atoms with van der Waals surface area (Å²) < 4.78 is 6.48. The molecule has 7 aromatic carbocycles. The Labute approximate surface area is 253 Å². The molecule has 43 heavy (non-hydrogen) atoms. The fourth-order valence-electron chi connectivity index (χ4n) is 6.43. The van der Waals surface area contributed by atoms with E-state index in [1.54, 1.807) is 0 Å². The van der Waals surface area contributed by atoms with Crippen LogP contribution in [0.5, 0.6) is 0 Å². The highest BCUT2D eigenvalue weighted by Crippen LogP contribution is 2.50. The van der Waals surface area contributed by atoms with E-state index in [0.29, 0.717) is 0 Å². The van der Waals surface area contributed by atoms with Crippen LogP contribution < -0.4 is 4.90 Å². The molecule has 8 aromatic rings. The van der Waals surface area contributed by atoms with Crippen molar-refractivity contribution in [2.45, 2.75) is 9.79 Å². The second kappa shape index (κ2) is 9.65. The van der Waals surface area contributed by atoms with Crippen molar-refractivity contribution in [3.8, 4) is 22.3 Å². The van der Waals surface area contributed by atoms with E-state index in [1.165, 1.54) is 42.5 Å². The normalized spacial score (nSPS) is 12.1. The Hall–Kier alpha value is -5.25. The van der Waals surface area contributed by atoms with Gasteiger partial charge in [0, 0.05) is 43.0 Å². The standard InChI is InChI=1S/C40H25NOS/c1-3-9-26(10-4-1)27-17-20-32(21-18-27)41(31-13-5-2-6-14-31)33-15-7-12-29(23-33)30-24-35-39-37(25-30)43-36-16-8-11-28-19-22-34(42-35)40(39)38(28)36/h1-25H. The number of para-hydroxylation sites is 1. The summed E-state index contributed by atoms with van der Waals surface area (Å²) in [4.78, 5) is 4.86. The molecule has 2 nitrogen and oxygen atoms in total. The molecule has 3 heteroatoms. The first-order valence-corrected chi connectivity index (χ1v) is 15.3. The van der Waals surface area contributed by atoms with Gasteiger partial charge in [0.1, 0.15) is 11.2 Å². The number of nitrogens with zero attached hydrogens (tertiary/aromatic N) is 1. The predicted octanol–water partition coefficient (Wildman–Crippen LogP) is 12.0. The molecule has 2 heterocycles. The fourth-order valence-corrected chi connectivity index (χ4v) is 7.62. The van der Waals surface area contributed by atoms with Crippen LogP contribution >= 0.6 is 11.8 Å². The SMILES string of the molecule is c1ccc(-c2ccc(N(c3ccccc3)c3cccc(-c4cc5c6c(c4)oc4ccc7cccc(c7c46)S5)c3)cc2)cc1. The van der Waals surface area contributed by atoms with Crippen molar-refractivity contribution in [3.05, 3.63) is 152 Å². The van der Waals surface area contributed by atoms with E-state index in [4.69, 9.17) is 4.42 Å². The highest BCUT2D eigenvalue weighted by Gasteiger charge is 2.23. The molecule has 0 radical (unpaired) electrons. The number of rotatable bonds is 5. The number of anilines is 3. The molecule has 0 unspecified atom stereocenters. The molecular formula is C40H25NOS. The highest BCUT2D eigenvalue weighted by atomic mass is 32.2. The summed E-state index contributed by atoms with van der Waals surface area (Å²) in [6.07, 6.45) is 0. The Balaban J connectivity index is 1.17. The molecule has 1 aliphatic rings. The lowest BCUT2D eigenvalue weighted by molar-refractivity contribution is 0.669. The van der Waals surface area contributed by atoms with E-state index in [9.17, 15) is 0 Å². The molecule has 1 aliphatic heterocycles. The molecule has 1 aromatic heterocycles. The van der Waals surface area contributed by atoms with Gasteiger partial charge in [0.2, 0.25) is 0 Å². The Kier molecular flexibility index (Phi) is 5.47. The van der Waals surface area contributed by atoms with Gasteiger partial charge in [-0.3, -0.25) is 0 Å². The third-order valence-corrected chi connectivity index (χ3v) is 9.51. The summed E-state index contributed by atoms with van der Waals surface area (Å²) in [5, 5.41) is 5.04. The molecule has 0 N–H and O–H groups in total. The van der Waals surface area contributed by atoms with Gasteiger partial charge in [-0.05, 0) is 88.3 Å². The van der Waals surface area contributed by atoms with E-state index in [1.807, 2.05) is 11.8 Å². The maximum absolute atomic E-state index is 6.48. The monoisotopic (exact) mass is 567 g/mol. The van der Waals surface area contributed by atoms with E-state index >= 15 is 0 Å². The van der Waals surface area contributed by atoms with Crippen LogP contribution in [0.25, 0.3) is 55.0 Å². The lowest BCUT2D eigenvalue weighted by atomic mass is 9.99. The maximum atomic E-state index is 6.48. The van der Waals surface area contributed by atoms with Gasteiger partial charge in [0.05, 0.1) is 0 Å². The third kappa shape index (κ3) is 3.97. The van der Waals surface area contributed by atoms with Crippen LogP contribution in [0.3, 0.4) is 0 Å². The first-order valence-electron chi connectivity index (χ1n) is 14.5. The zero-order valence-electron chi connectivity index (χ0n) is 23.2. The Morgan fingerprint density at radius 3 is 1.93 bits per heavy atom. The molecule has 0 bridgehead atoms. The summed E-state index contributed by atoms with van der Waals surface area (Å²) in [7, 11) is 0. The second-order valence-electron chi connectivity index (χ2n) is 11.0. The number of hydrogen-bond acceptors (Lipinski definition) is 3. The molecule has 0 amide bonds. The van der Waals surface area contributed by atoms with Crippen LogP contribution in [0.1, 0.15) is 0 Å². The quantitative estimate of drug-likeness (QED) is 0.206. The van der Waals surface area contributed by atoms with Crippen LogP contribution in [0.2, 0.25) is 0 Å². The van der Waals surface area contributed by atoms with E-state index in [0.717, 1.165) is 39.4 Å². The Morgan fingerprint density at radius 1 is 0.395 bits per heavy atom. The van der Waals surface area contributed by atoms with Gasteiger partial charge in [-0.15, -0.1) is 0 Å². The van der Waals surface area contributed by atoms with Gasteiger partial charge in [-0.1, -0.05) is 103 Å². The average Bonchev–Trinajstić information content (AvgIpc) is 3.46. The van der Waals surface area contributed by atoms with Crippen molar-refractivity contribution in [2.24, 2.45) is 0 Å². The number of furan rings is 1. The molecule has 202 valence electrons. The molecule has 0 spiro atoms. The van der Waals surface area contributed by atoms with E-state index in [-0.39, 0.29) is 0 Å². The van der Waals surface area contributed by atoms with Gasteiger partial charge in [0.25, 0.3) is 0 Å². The Morgan fingerprint density at radius 2 is 1.09 bits per heavy atom.